The lowest BCUT2D eigenvalue weighted by molar-refractivity contribution is -0.118. The van der Waals surface area contributed by atoms with E-state index in [1.54, 1.807) is 4.57 Å². The molecule has 2 N–H and O–H groups in total. The van der Waals surface area contributed by atoms with E-state index in [0.717, 1.165) is 24.1 Å². The van der Waals surface area contributed by atoms with Crippen LogP contribution >= 0.6 is 11.8 Å². The van der Waals surface area contributed by atoms with Gasteiger partial charge in [-0.3, -0.25) is 14.2 Å². The summed E-state index contributed by atoms with van der Waals surface area (Å²) in [5.74, 6) is 0.134. The summed E-state index contributed by atoms with van der Waals surface area (Å²) in [4.78, 5) is 33.1. The van der Waals surface area contributed by atoms with Crippen molar-refractivity contribution in [1.29, 1.82) is 0 Å². The number of carbonyl (C=O) groups is 1. The SMILES string of the molecule is CCc1ccc(CNC(=O)CSc2nc3cc(C)[nH]c3c(=O)n2[C@@H](C)CC)cc1. The highest BCUT2D eigenvalue weighted by atomic mass is 32.2. The minimum absolute atomic E-state index is 0.00523. The first-order valence-electron chi connectivity index (χ1n) is 10.0. The molecule has 0 aliphatic carbocycles. The zero-order chi connectivity index (χ0) is 21.0. The zero-order valence-electron chi connectivity index (χ0n) is 17.4. The number of aromatic nitrogens is 3. The fraction of sp³-hybridized carbons (Fsp3) is 0.409. The number of fused-ring (bicyclic) bond motifs is 1. The van der Waals surface area contributed by atoms with Gasteiger partial charge in [-0.05, 0) is 43.9 Å². The van der Waals surface area contributed by atoms with Crippen molar-refractivity contribution in [2.24, 2.45) is 0 Å². The number of thioether (sulfide) groups is 1. The van der Waals surface area contributed by atoms with Crippen LogP contribution in [-0.4, -0.2) is 26.2 Å². The average molecular weight is 413 g/mol. The van der Waals surface area contributed by atoms with E-state index in [4.69, 9.17) is 0 Å². The van der Waals surface area contributed by atoms with Gasteiger partial charge < -0.3 is 10.3 Å². The van der Waals surface area contributed by atoms with Crippen molar-refractivity contribution >= 4 is 28.7 Å². The van der Waals surface area contributed by atoms with Crippen LogP contribution in [0.15, 0.2) is 40.3 Å². The van der Waals surface area contributed by atoms with Crippen molar-refractivity contribution in [2.75, 3.05) is 5.75 Å². The van der Waals surface area contributed by atoms with Gasteiger partial charge in [-0.1, -0.05) is 49.9 Å². The van der Waals surface area contributed by atoms with Gasteiger partial charge in [0.25, 0.3) is 5.56 Å². The van der Waals surface area contributed by atoms with Gasteiger partial charge in [-0.15, -0.1) is 0 Å². The van der Waals surface area contributed by atoms with Crippen LogP contribution in [0.1, 0.15) is 50.1 Å². The average Bonchev–Trinajstić information content (AvgIpc) is 3.11. The number of aryl methyl sites for hydroxylation is 2. The molecule has 0 saturated heterocycles. The number of amides is 1. The van der Waals surface area contributed by atoms with Gasteiger partial charge in [0.1, 0.15) is 5.52 Å². The maximum atomic E-state index is 12.9. The molecule has 0 aliphatic rings. The van der Waals surface area contributed by atoms with Crippen molar-refractivity contribution in [3.63, 3.8) is 0 Å². The lowest BCUT2D eigenvalue weighted by atomic mass is 10.1. The fourth-order valence-electron chi connectivity index (χ4n) is 3.14. The van der Waals surface area contributed by atoms with Crippen molar-refractivity contribution in [3.8, 4) is 0 Å². The fourth-order valence-corrected chi connectivity index (χ4v) is 4.06. The van der Waals surface area contributed by atoms with Crippen LogP contribution in [0.3, 0.4) is 0 Å². The van der Waals surface area contributed by atoms with Crippen LogP contribution in [0.4, 0.5) is 0 Å². The monoisotopic (exact) mass is 412 g/mol. The first-order chi connectivity index (χ1) is 13.9. The van der Waals surface area contributed by atoms with Gasteiger partial charge in [0.2, 0.25) is 5.91 Å². The molecule has 2 heterocycles. The van der Waals surface area contributed by atoms with Crippen LogP contribution in [0.25, 0.3) is 11.0 Å². The largest absolute Gasteiger partial charge is 0.353 e. The molecule has 29 heavy (non-hydrogen) atoms. The quantitative estimate of drug-likeness (QED) is 0.433. The van der Waals surface area contributed by atoms with E-state index in [2.05, 4.69) is 34.3 Å². The Morgan fingerprint density at radius 1 is 1.24 bits per heavy atom. The van der Waals surface area contributed by atoms with Gasteiger partial charge >= 0.3 is 0 Å². The number of benzene rings is 1. The number of rotatable bonds is 8. The predicted molar refractivity (Wildman–Crippen MR) is 118 cm³/mol. The molecular formula is C22H28N4O2S. The number of nitrogens with one attached hydrogen (secondary N) is 2. The van der Waals surface area contributed by atoms with E-state index in [-0.39, 0.29) is 23.3 Å². The van der Waals surface area contributed by atoms with Crippen LogP contribution in [0.5, 0.6) is 0 Å². The molecule has 0 unspecified atom stereocenters. The highest BCUT2D eigenvalue weighted by Gasteiger charge is 2.18. The summed E-state index contributed by atoms with van der Waals surface area (Å²) in [6, 6.07) is 10.1. The summed E-state index contributed by atoms with van der Waals surface area (Å²) < 4.78 is 1.69. The Balaban J connectivity index is 1.71. The smallest absolute Gasteiger partial charge is 0.278 e. The Morgan fingerprint density at radius 2 is 1.93 bits per heavy atom. The summed E-state index contributed by atoms with van der Waals surface area (Å²) in [6.07, 6.45) is 1.81. The first kappa shape index (κ1) is 21.2. The summed E-state index contributed by atoms with van der Waals surface area (Å²) >= 11 is 1.30. The van der Waals surface area contributed by atoms with Crippen molar-refractivity contribution in [2.45, 2.75) is 58.3 Å². The van der Waals surface area contributed by atoms with Crippen LogP contribution in [0.2, 0.25) is 0 Å². The third-order valence-corrected chi connectivity index (χ3v) is 6.02. The number of hydrogen-bond donors (Lipinski definition) is 2. The molecule has 1 atom stereocenters. The Labute approximate surface area is 175 Å². The minimum Gasteiger partial charge on any atom is -0.353 e. The maximum Gasteiger partial charge on any atom is 0.278 e. The van der Waals surface area contributed by atoms with E-state index in [1.807, 2.05) is 39.0 Å². The number of nitrogens with zero attached hydrogens (tertiary/aromatic N) is 2. The number of aromatic amines is 1. The minimum atomic E-state index is -0.0867. The van der Waals surface area contributed by atoms with Crippen molar-refractivity contribution in [1.82, 2.24) is 19.9 Å². The Kier molecular flexibility index (Phi) is 6.79. The van der Waals surface area contributed by atoms with E-state index < -0.39 is 0 Å². The van der Waals surface area contributed by atoms with Gasteiger partial charge in [-0.25, -0.2) is 4.98 Å². The first-order valence-corrected chi connectivity index (χ1v) is 11.0. The molecule has 3 aromatic rings. The molecular weight excluding hydrogens is 384 g/mol. The number of carbonyl (C=O) groups excluding carboxylic acids is 1. The molecule has 7 heteroatoms. The molecule has 2 aromatic heterocycles. The van der Waals surface area contributed by atoms with Gasteiger partial charge in [0.15, 0.2) is 5.16 Å². The molecule has 3 rings (SSSR count). The second kappa shape index (κ2) is 9.31. The van der Waals surface area contributed by atoms with Crippen molar-refractivity contribution < 1.29 is 4.79 Å². The van der Waals surface area contributed by atoms with Crippen LogP contribution in [-0.2, 0) is 17.8 Å². The summed E-state index contributed by atoms with van der Waals surface area (Å²) in [5, 5.41) is 3.53. The second-order valence-electron chi connectivity index (χ2n) is 7.27. The summed E-state index contributed by atoms with van der Waals surface area (Å²) in [6.45, 7) is 8.54. The van der Waals surface area contributed by atoms with E-state index in [0.29, 0.717) is 22.7 Å². The molecule has 0 fully saturated rings. The predicted octanol–water partition coefficient (Wildman–Crippen LogP) is 3.97. The van der Waals surface area contributed by atoms with Gasteiger partial charge in [0.05, 0.1) is 11.3 Å². The van der Waals surface area contributed by atoms with Crippen LogP contribution < -0.4 is 10.9 Å². The van der Waals surface area contributed by atoms with Crippen LogP contribution in [0, 0.1) is 6.92 Å². The third-order valence-electron chi connectivity index (χ3n) is 5.07. The molecule has 1 aromatic carbocycles. The topological polar surface area (TPSA) is 79.8 Å². The van der Waals surface area contributed by atoms with Gasteiger partial charge in [0, 0.05) is 18.3 Å². The zero-order valence-corrected chi connectivity index (χ0v) is 18.2. The maximum absolute atomic E-state index is 12.9. The van der Waals surface area contributed by atoms with Crippen molar-refractivity contribution in [3.05, 3.63) is 57.5 Å². The molecule has 0 radical (unpaired) electrons. The van der Waals surface area contributed by atoms with E-state index in [1.165, 1.54) is 17.3 Å². The Morgan fingerprint density at radius 3 is 2.59 bits per heavy atom. The Bertz CT molecular complexity index is 1050. The molecule has 0 spiro atoms. The van der Waals surface area contributed by atoms with Gasteiger partial charge in [-0.2, -0.15) is 0 Å². The molecule has 0 aliphatic heterocycles. The number of H-pyrrole nitrogens is 1. The summed E-state index contributed by atoms with van der Waals surface area (Å²) in [7, 11) is 0. The molecule has 0 bridgehead atoms. The molecule has 6 nitrogen and oxygen atoms in total. The normalized spacial score (nSPS) is 12.3. The van der Waals surface area contributed by atoms with E-state index in [9.17, 15) is 9.59 Å². The highest BCUT2D eigenvalue weighted by Crippen LogP contribution is 2.22. The number of hydrogen-bond acceptors (Lipinski definition) is 4. The summed E-state index contributed by atoms with van der Waals surface area (Å²) in [5.41, 5.74) is 4.32. The lowest BCUT2D eigenvalue weighted by Crippen LogP contribution is -2.28. The Hall–Kier alpha value is -2.54. The lowest BCUT2D eigenvalue weighted by Gasteiger charge is -2.17. The third kappa shape index (κ3) is 4.90. The standard InChI is InChI=1S/C22H28N4O2S/c1-5-15(4)26-21(28)20-18(11-14(3)24-20)25-22(26)29-13-19(27)23-12-17-9-7-16(6-2)8-10-17/h7-11,15,24H,5-6,12-13H2,1-4H3,(H,23,27)/t15-/m0/s1. The highest BCUT2D eigenvalue weighted by molar-refractivity contribution is 7.99. The molecule has 1 amide bonds. The van der Waals surface area contributed by atoms with E-state index >= 15 is 0 Å². The second-order valence-corrected chi connectivity index (χ2v) is 8.22. The molecule has 154 valence electrons. The molecule has 0 saturated carbocycles.